The number of rotatable bonds is 7. The number of nitrogens with zero attached hydrogens (tertiary/aromatic N) is 8. The first-order chi connectivity index (χ1) is 19.9. The molecule has 4 N–H and O–H groups in total. The third-order valence-electron chi connectivity index (χ3n) is 7.42. The molecule has 0 spiro atoms. The molecule has 1 fully saturated rings. The van der Waals surface area contributed by atoms with Crippen molar-refractivity contribution in [3.05, 3.63) is 47.4 Å². The summed E-state index contributed by atoms with van der Waals surface area (Å²) in [7, 11) is 1.82. The molecule has 1 aromatic carbocycles. The average molecular weight is 572 g/mol. The summed E-state index contributed by atoms with van der Waals surface area (Å²) in [6, 6.07) is 7.41. The summed E-state index contributed by atoms with van der Waals surface area (Å²) in [5, 5.41) is 10.9. The van der Waals surface area contributed by atoms with Gasteiger partial charge in [-0.05, 0) is 30.5 Å². The maximum absolute atomic E-state index is 13.2. The number of hydrogen-bond donors (Lipinski definition) is 3. The first kappa shape index (κ1) is 29.2. The van der Waals surface area contributed by atoms with Gasteiger partial charge in [-0.25, -0.2) is 15.0 Å². The quantitative estimate of drug-likeness (QED) is 0.296. The van der Waals surface area contributed by atoms with Crippen LogP contribution in [0.15, 0.2) is 30.6 Å². The Morgan fingerprint density at radius 1 is 1.05 bits per heavy atom. The van der Waals surface area contributed by atoms with Crippen molar-refractivity contribution in [1.29, 1.82) is 0 Å². The van der Waals surface area contributed by atoms with Crippen molar-refractivity contribution in [3.63, 3.8) is 0 Å². The molecule has 0 radical (unpaired) electrons. The molecule has 0 atom stereocenters. The van der Waals surface area contributed by atoms with Crippen molar-refractivity contribution in [2.45, 2.75) is 47.0 Å². The van der Waals surface area contributed by atoms with Gasteiger partial charge < -0.3 is 21.3 Å². The predicted molar refractivity (Wildman–Crippen MR) is 167 cm³/mol. The van der Waals surface area contributed by atoms with E-state index in [-0.39, 0.29) is 11.3 Å². The second-order valence-electron chi connectivity index (χ2n) is 12.4. The van der Waals surface area contributed by atoms with Crippen molar-refractivity contribution >= 4 is 46.0 Å². The number of benzene rings is 1. The lowest BCUT2D eigenvalue weighted by atomic mass is 9.92. The minimum absolute atomic E-state index is 0.128. The minimum Gasteiger partial charge on any atom is -0.382 e. The zero-order valence-corrected chi connectivity index (χ0v) is 25.6. The van der Waals surface area contributed by atoms with Crippen LogP contribution in [0, 0.1) is 12.8 Å². The molecule has 4 aromatic rings. The molecular weight excluding hydrogens is 530 g/mol. The standard InChI is InChI=1S/C30H41N11O/c1-18(2)16-40-10-12-41(13-11-40)29-36-25-24(26(31)37-29)32-17-33-27(25)34-21-14-20(9-8-19(21)3)28(42)35-23-15-22(30(4,5)6)38-39(23)7/h8-9,14-15,17-18H,10-13,16H2,1-7H3,(H,35,42)(H2,31,36,37)(H,32,33,34). The van der Waals surface area contributed by atoms with Gasteiger partial charge in [0.1, 0.15) is 23.2 Å². The molecule has 1 amide bonds. The van der Waals surface area contributed by atoms with E-state index in [1.54, 1.807) is 16.8 Å². The number of carbonyl (C=O) groups excluding carboxylic acids is 1. The van der Waals surface area contributed by atoms with Gasteiger partial charge in [-0.3, -0.25) is 14.4 Å². The monoisotopic (exact) mass is 571 g/mol. The van der Waals surface area contributed by atoms with E-state index >= 15 is 0 Å². The fourth-order valence-electron chi connectivity index (χ4n) is 5.00. The van der Waals surface area contributed by atoms with Gasteiger partial charge in [-0.15, -0.1) is 0 Å². The average Bonchev–Trinajstić information content (AvgIpc) is 3.30. The van der Waals surface area contributed by atoms with Gasteiger partial charge in [-0.2, -0.15) is 10.1 Å². The Morgan fingerprint density at radius 2 is 1.79 bits per heavy atom. The molecule has 0 aliphatic carbocycles. The third-order valence-corrected chi connectivity index (χ3v) is 7.42. The third kappa shape index (κ3) is 6.28. The first-order valence-corrected chi connectivity index (χ1v) is 14.4. The van der Waals surface area contributed by atoms with E-state index < -0.39 is 0 Å². The maximum atomic E-state index is 13.2. The summed E-state index contributed by atoms with van der Waals surface area (Å²) in [5.74, 6) is 2.39. The van der Waals surface area contributed by atoms with Crippen LogP contribution in [0.3, 0.4) is 0 Å². The molecule has 3 aromatic heterocycles. The van der Waals surface area contributed by atoms with Crippen LogP contribution in [0.25, 0.3) is 11.0 Å². The highest BCUT2D eigenvalue weighted by molar-refractivity contribution is 6.05. The lowest BCUT2D eigenvalue weighted by Gasteiger charge is -2.35. The number of nitrogen functional groups attached to an aromatic ring is 1. The Kier molecular flexibility index (Phi) is 8.00. The summed E-state index contributed by atoms with van der Waals surface area (Å²) < 4.78 is 1.69. The molecule has 5 rings (SSSR count). The van der Waals surface area contributed by atoms with Gasteiger partial charge in [0.15, 0.2) is 11.6 Å². The minimum atomic E-state index is -0.237. The Bertz CT molecular complexity index is 1600. The topological polar surface area (TPSA) is 143 Å². The molecule has 0 unspecified atom stereocenters. The predicted octanol–water partition coefficient (Wildman–Crippen LogP) is 4.12. The van der Waals surface area contributed by atoms with Crippen molar-refractivity contribution in [2.24, 2.45) is 13.0 Å². The Morgan fingerprint density at radius 3 is 2.45 bits per heavy atom. The van der Waals surface area contributed by atoms with Crippen LogP contribution in [0.1, 0.15) is 56.2 Å². The van der Waals surface area contributed by atoms with Crippen LogP contribution >= 0.6 is 0 Å². The SMILES string of the molecule is Cc1ccc(C(=O)Nc2cc(C(C)(C)C)nn2C)cc1Nc1ncnc2c(N)nc(N3CCN(CC(C)C)CC3)nc12. The lowest BCUT2D eigenvalue weighted by molar-refractivity contribution is 0.102. The number of aryl methyl sites for hydroxylation is 2. The lowest BCUT2D eigenvalue weighted by Crippen LogP contribution is -2.48. The number of nitrogens with two attached hydrogens (primary N) is 1. The van der Waals surface area contributed by atoms with Crippen LogP contribution in [-0.2, 0) is 12.5 Å². The number of carbonyl (C=O) groups is 1. The number of anilines is 5. The zero-order chi connectivity index (χ0) is 30.2. The normalized spacial score (nSPS) is 14.5. The molecule has 4 heterocycles. The first-order valence-electron chi connectivity index (χ1n) is 14.4. The Balaban J connectivity index is 1.39. The van der Waals surface area contributed by atoms with Crippen LogP contribution in [0.2, 0.25) is 0 Å². The van der Waals surface area contributed by atoms with Crippen molar-refractivity contribution in [1.82, 2.24) is 34.6 Å². The van der Waals surface area contributed by atoms with E-state index in [1.165, 1.54) is 6.33 Å². The van der Waals surface area contributed by atoms with Crippen molar-refractivity contribution in [3.8, 4) is 0 Å². The number of piperazine rings is 1. The van der Waals surface area contributed by atoms with Gasteiger partial charge >= 0.3 is 0 Å². The number of nitrogens with one attached hydrogen (secondary N) is 2. The molecule has 12 heteroatoms. The van der Waals surface area contributed by atoms with Crippen molar-refractivity contribution < 1.29 is 4.79 Å². The largest absolute Gasteiger partial charge is 0.382 e. The van der Waals surface area contributed by atoms with E-state index in [9.17, 15) is 4.79 Å². The van der Waals surface area contributed by atoms with E-state index in [2.05, 4.69) is 75.1 Å². The molecule has 42 heavy (non-hydrogen) atoms. The molecule has 222 valence electrons. The summed E-state index contributed by atoms with van der Waals surface area (Å²) in [6.07, 6.45) is 1.44. The zero-order valence-electron chi connectivity index (χ0n) is 25.6. The summed E-state index contributed by atoms with van der Waals surface area (Å²) in [6.45, 7) is 17.3. The number of aromatic nitrogens is 6. The molecule has 0 saturated carbocycles. The molecule has 12 nitrogen and oxygen atoms in total. The van der Waals surface area contributed by atoms with Crippen LogP contribution in [0.5, 0.6) is 0 Å². The molecular formula is C30H41N11O. The highest BCUT2D eigenvalue weighted by atomic mass is 16.1. The van der Waals surface area contributed by atoms with E-state index in [4.69, 9.17) is 10.7 Å². The number of fused-ring (bicyclic) bond motifs is 1. The second-order valence-corrected chi connectivity index (χ2v) is 12.4. The van der Waals surface area contributed by atoms with Gasteiger partial charge in [0.25, 0.3) is 5.91 Å². The fourth-order valence-corrected chi connectivity index (χ4v) is 5.00. The van der Waals surface area contributed by atoms with E-state index in [1.807, 2.05) is 26.1 Å². The van der Waals surface area contributed by atoms with Crippen LogP contribution in [0.4, 0.5) is 29.1 Å². The molecule has 1 saturated heterocycles. The highest BCUT2D eigenvalue weighted by Crippen LogP contribution is 2.29. The van der Waals surface area contributed by atoms with Gasteiger partial charge in [-0.1, -0.05) is 40.7 Å². The second kappa shape index (κ2) is 11.5. The summed E-state index contributed by atoms with van der Waals surface area (Å²) >= 11 is 0. The van der Waals surface area contributed by atoms with Gasteiger partial charge in [0, 0.05) is 62.5 Å². The highest BCUT2D eigenvalue weighted by Gasteiger charge is 2.23. The van der Waals surface area contributed by atoms with E-state index in [0.29, 0.717) is 45.9 Å². The number of hydrogen-bond acceptors (Lipinski definition) is 10. The summed E-state index contributed by atoms with van der Waals surface area (Å²) in [4.78, 5) is 36.1. The molecule has 1 aliphatic heterocycles. The van der Waals surface area contributed by atoms with Gasteiger partial charge in [0.2, 0.25) is 5.95 Å². The fraction of sp³-hybridized carbons (Fsp3) is 0.467. The van der Waals surface area contributed by atoms with E-state index in [0.717, 1.165) is 49.7 Å². The van der Waals surface area contributed by atoms with Crippen LogP contribution < -0.4 is 21.3 Å². The Hall–Kier alpha value is -4.32. The number of amides is 1. The van der Waals surface area contributed by atoms with Crippen molar-refractivity contribution in [2.75, 3.05) is 54.0 Å². The molecule has 0 bridgehead atoms. The molecule has 1 aliphatic rings. The summed E-state index contributed by atoms with van der Waals surface area (Å²) in [5.41, 5.74) is 10.3. The maximum Gasteiger partial charge on any atom is 0.256 e. The Labute approximate surface area is 246 Å². The van der Waals surface area contributed by atoms with Gasteiger partial charge in [0.05, 0.1) is 5.69 Å². The van der Waals surface area contributed by atoms with Crippen LogP contribution in [-0.4, -0.2) is 73.2 Å². The smallest absolute Gasteiger partial charge is 0.256 e.